The van der Waals surface area contributed by atoms with Crippen LogP contribution in [0.2, 0.25) is 0 Å². The fourth-order valence-electron chi connectivity index (χ4n) is 1.08. The number of rotatable bonds is 6. The SMILES string of the molecule is CCC(C)C(O)CNCc1csnn1. The van der Waals surface area contributed by atoms with Crippen molar-refractivity contribution in [2.75, 3.05) is 6.54 Å². The molecule has 0 radical (unpaired) electrons. The molecule has 0 amide bonds. The van der Waals surface area contributed by atoms with E-state index in [1.807, 2.05) is 5.38 Å². The first kappa shape index (κ1) is 11.6. The standard InChI is InChI=1S/C9H17N3OS/c1-3-7(2)9(13)5-10-4-8-6-14-12-11-8/h6-7,9-10,13H,3-5H2,1-2H3. The van der Waals surface area contributed by atoms with Gasteiger partial charge in [0.15, 0.2) is 0 Å². The number of aliphatic hydroxyl groups is 1. The number of hydrogen-bond donors (Lipinski definition) is 2. The molecule has 1 heterocycles. The Kier molecular flexibility index (Phi) is 5.00. The van der Waals surface area contributed by atoms with Gasteiger partial charge in [-0.1, -0.05) is 24.8 Å². The molecule has 0 aliphatic heterocycles. The summed E-state index contributed by atoms with van der Waals surface area (Å²) < 4.78 is 3.76. The van der Waals surface area contributed by atoms with Gasteiger partial charge in [-0.25, -0.2) is 0 Å². The maximum atomic E-state index is 9.65. The highest BCUT2D eigenvalue weighted by Gasteiger charge is 2.11. The first-order valence-electron chi connectivity index (χ1n) is 4.88. The lowest BCUT2D eigenvalue weighted by Gasteiger charge is -2.17. The summed E-state index contributed by atoms with van der Waals surface area (Å²) in [4.78, 5) is 0. The Balaban J connectivity index is 2.15. The number of nitrogens with zero attached hydrogens (tertiary/aromatic N) is 2. The van der Waals surface area contributed by atoms with Crippen molar-refractivity contribution in [3.63, 3.8) is 0 Å². The van der Waals surface area contributed by atoms with E-state index in [2.05, 4.69) is 28.8 Å². The van der Waals surface area contributed by atoms with Crippen molar-refractivity contribution in [1.82, 2.24) is 14.9 Å². The molecule has 2 atom stereocenters. The molecule has 2 N–H and O–H groups in total. The van der Waals surface area contributed by atoms with E-state index in [9.17, 15) is 5.11 Å². The Morgan fingerprint density at radius 2 is 2.43 bits per heavy atom. The van der Waals surface area contributed by atoms with Crippen molar-refractivity contribution >= 4 is 11.5 Å². The average Bonchev–Trinajstić information content (AvgIpc) is 2.69. The molecule has 0 bridgehead atoms. The fraction of sp³-hybridized carbons (Fsp3) is 0.778. The molecule has 2 unspecified atom stereocenters. The summed E-state index contributed by atoms with van der Waals surface area (Å²) in [6.07, 6.45) is 0.729. The Bertz CT molecular complexity index is 240. The van der Waals surface area contributed by atoms with E-state index in [0.29, 0.717) is 19.0 Å². The third kappa shape index (κ3) is 3.69. The predicted octanol–water partition coefficient (Wildman–Crippen LogP) is 1.03. The zero-order valence-corrected chi connectivity index (χ0v) is 9.42. The molecule has 0 aliphatic carbocycles. The van der Waals surface area contributed by atoms with Crippen molar-refractivity contribution in [3.05, 3.63) is 11.1 Å². The van der Waals surface area contributed by atoms with E-state index in [-0.39, 0.29) is 6.10 Å². The zero-order chi connectivity index (χ0) is 10.4. The second kappa shape index (κ2) is 6.06. The van der Waals surface area contributed by atoms with E-state index < -0.39 is 0 Å². The van der Waals surface area contributed by atoms with Crippen LogP contribution < -0.4 is 5.32 Å². The van der Waals surface area contributed by atoms with Gasteiger partial charge in [-0.3, -0.25) is 0 Å². The van der Waals surface area contributed by atoms with Crippen molar-refractivity contribution in [1.29, 1.82) is 0 Å². The first-order chi connectivity index (χ1) is 6.74. The monoisotopic (exact) mass is 215 g/mol. The van der Waals surface area contributed by atoms with E-state index >= 15 is 0 Å². The quantitative estimate of drug-likeness (QED) is 0.744. The summed E-state index contributed by atoms with van der Waals surface area (Å²) in [7, 11) is 0. The lowest BCUT2D eigenvalue weighted by atomic mass is 10.0. The van der Waals surface area contributed by atoms with E-state index in [1.54, 1.807) is 0 Å². The van der Waals surface area contributed by atoms with Crippen molar-refractivity contribution < 1.29 is 5.11 Å². The van der Waals surface area contributed by atoms with Gasteiger partial charge in [0, 0.05) is 18.5 Å². The van der Waals surface area contributed by atoms with Crippen LogP contribution in [-0.4, -0.2) is 27.3 Å². The number of aliphatic hydroxyl groups excluding tert-OH is 1. The minimum Gasteiger partial charge on any atom is -0.392 e. The van der Waals surface area contributed by atoms with Gasteiger partial charge < -0.3 is 10.4 Å². The topological polar surface area (TPSA) is 58.0 Å². The molecule has 5 heteroatoms. The fourth-order valence-corrected chi connectivity index (χ4v) is 1.53. The largest absolute Gasteiger partial charge is 0.392 e. The molecule has 4 nitrogen and oxygen atoms in total. The maximum Gasteiger partial charge on any atom is 0.0893 e. The summed E-state index contributed by atoms with van der Waals surface area (Å²) in [5.41, 5.74) is 0.936. The summed E-state index contributed by atoms with van der Waals surface area (Å²) in [6.45, 7) is 5.44. The second-order valence-electron chi connectivity index (χ2n) is 3.48. The number of aromatic nitrogens is 2. The zero-order valence-electron chi connectivity index (χ0n) is 8.60. The van der Waals surface area contributed by atoms with Gasteiger partial charge in [0.05, 0.1) is 11.8 Å². The minimum atomic E-state index is -0.272. The van der Waals surface area contributed by atoms with Crippen LogP contribution >= 0.6 is 11.5 Å². The summed E-state index contributed by atoms with van der Waals surface area (Å²) in [5.74, 6) is 0.344. The van der Waals surface area contributed by atoms with E-state index in [1.165, 1.54) is 11.5 Å². The summed E-state index contributed by atoms with van der Waals surface area (Å²) in [6, 6.07) is 0. The summed E-state index contributed by atoms with van der Waals surface area (Å²) in [5, 5.41) is 18.6. The third-order valence-corrected chi connectivity index (χ3v) is 2.92. The van der Waals surface area contributed by atoms with Crippen molar-refractivity contribution in [2.24, 2.45) is 5.92 Å². The van der Waals surface area contributed by atoms with Crippen LogP contribution in [0.5, 0.6) is 0 Å². The Hall–Kier alpha value is -0.520. The van der Waals surface area contributed by atoms with E-state index in [0.717, 1.165) is 12.1 Å². The Morgan fingerprint density at radius 1 is 1.64 bits per heavy atom. The van der Waals surface area contributed by atoms with Crippen molar-refractivity contribution in [3.8, 4) is 0 Å². The first-order valence-corrected chi connectivity index (χ1v) is 5.72. The highest BCUT2D eigenvalue weighted by molar-refractivity contribution is 7.03. The Labute approximate surface area is 88.5 Å². The highest BCUT2D eigenvalue weighted by atomic mass is 32.1. The third-order valence-electron chi connectivity index (χ3n) is 2.37. The second-order valence-corrected chi connectivity index (χ2v) is 4.09. The molecule has 80 valence electrons. The van der Waals surface area contributed by atoms with Crippen LogP contribution in [-0.2, 0) is 6.54 Å². The Morgan fingerprint density at radius 3 is 3.00 bits per heavy atom. The van der Waals surface area contributed by atoms with Crippen LogP contribution in [0.1, 0.15) is 26.0 Å². The minimum absolute atomic E-state index is 0.272. The molecule has 0 fully saturated rings. The molecule has 0 saturated heterocycles. The van der Waals surface area contributed by atoms with E-state index in [4.69, 9.17) is 0 Å². The van der Waals surface area contributed by atoms with Gasteiger partial charge in [-0.05, 0) is 17.5 Å². The van der Waals surface area contributed by atoms with Crippen LogP contribution in [0, 0.1) is 5.92 Å². The van der Waals surface area contributed by atoms with Crippen LogP contribution in [0.3, 0.4) is 0 Å². The average molecular weight is 215 g/mol. The lowest BCUT2D eigenvalue weighted by Crippen LogP contribution is -2.31. The van der Waals surface area contributed by atoms with Crippen molar-refractivity contribution in [2.45, 2.75) is 32.9 Å². The molecule has 14 heavy (non-hydrogen) atoms. The highest BCUT2D eigenvalue weighted by Crippen LogP contribution is 2.06. The van der Waals surface area contributed by atoms with Gasteiger partial charge in [0.2, 0.25) is 0 Å². The van der Waals surface area contributed by atoms with Gasteiger partial charge >= 0.3 is 0 Å². The molecular weight excluding hydrogens is 198 g/mol. The molecule has 1 aromatic heterocycles. The smallest absolute Gasteiger partial charge is 0.0893 e. The van der Waals surface area contributed by atoms with Gasteiger partial charge in [-0.2, -0.15) is 0 Å². The molecular formula is C9H17N3OS. The van der Waals surface area contributed by atoms with Crippen LogP contribution in [0.4, 0.5) is 0 Å². The molecule has 1 aromatic rings. The number of nitrogens with one attached hydrogen (secondary N) is 1. The molecule has 1 rings (SSSR count). The summed E-state index contributed by atoms with van der Waals surface area (Å²) >= 11 is 1.35. The van der Waals surface area contributed by atoms with Crippen LogP contribution in [0.25, 0.3) is 0 Å². The maximum absolute atomic E-state index is 9.65. The normalized spacial score (nSPS) is 15.4. The van der Waals surface area contributed by atoms with Gasteiger partial charge in [0.25, 0.3) is 0 Å². The lowest BCUT2D eigenvalue weighted by molar-refractivity contribution is 0.112. The van der Waals surface area contributed by atoms with Gasteiger partial charge in [0.1, 0.15) is 0 Å². The molecule has 0 saturated carbocycles. The van der Waals surface area contributed by atoms with Crippen LogP contribution in [0.15, 0.2) is 5.38 Å². The molecule has 0 aromatic carbocycles. The molecule has 0 aliphatic rings. The molecule has 0 spiro atoms. The number of hydrogen-bond acceptors (Lipinski definition) is 5. The predicted molar refractivity (Wildman–Crippen MR) is 57.1 cm³/mol. The van der Waals surface area contributed by atoms with Gasteiger partial charge in [-0.15, -0.1) is 5.10 Å².